The Balaban J connectivity index is 1.99. The number of nitrogens with two attached hydrogens (primary N) is 1. The van der Waals surface area contributed by atoms with Crippen LogP contribution in [0.2, 0.25) is 0 Å². The van der Waals surface area contributed by atoms with Crippen molar-refractivity contribution in [2.24, 2.45) is 5.73 Å². The maximum atomic E-state index is 5.82. The van der Waals surface area contributed by atoms with E-state index in [2.05, 4.69) is 0 Å². The molecule has 0 radical (unpaired) electrons. The molecule has 0 saturated carbocycles. The van der Waals surface area contributed by atoms with Crippen molar-refractivity contribution in [1.29, 1.82) is 0 Å². The molecule has 0 aliphatic carbocycles. The van der Waals surface area contributed by atoms with E-state index in [-0.39, 0.29) is 5.60 Å². The van der Waals surface area contributed by atoms with Gasteiger partial charge in [-0.1, -0.05) is 18.2 Å². The molecule has 2 N–H and O–H groups in total. The Labute approximate surface area is 119 Å². The second-order valence-corrected chi connectivity index (χ2v) is 5.47. The fourth-order valence-electron chi connectivity index (χ4n) is 2.07. The van der Waals surface area contributed by atoms with E-state index in [0.717, 1.165) is 28.7 Å². The maximum absolute atomic E-state index is 5.82. The lowest BCUT2D eigenvalue weighted by Crippen LogP contribution is -2.24. The van der Waals surface area contributed by atoms with Gasteiger partial charge in [0.2, 0.25) is 0 Å². The molecule has 1 aromatic carbocycles. The molecule has 0 atom stereocenters. The summed E-state index contributed by atoms with van der Waals surface area (Å²) < 4.78 is 16.9. The first kappa shape index (κ1) is 15.0. The summed E-state index contributed by atoms with van der Waals surface area (Å²) in [5.74, 6) is 0.823. The molecule has 110 valence electrons. The monoisotopic (exact) mass is 277 g/mol. The predicted molar refractivity (Wildman–Crippen MR) is 79.5 cm³/mol. The first-order valence-corrected chi connectivity index (χ1v) is 6.89. The van der Waals surface area contributed by atoms with Crippen LogP contribution in [0.1, 0.15) is 31.6 Å². The van der Waals surface area contributed by atoms with Crippen LogP contribution in [0.5, 0.6) is 0 Å². The molecule has 0 bridgehead atoms. The first-order valence-electron chi connectivity index (χ1n) is 6.89. The third-order valence-electron chi connectivity index (χ3n) is 3.62. The summed E-state index contributed by atoms with van der Waals surface area (Å²) in [6.45, 7) is 5.62. The van der Waals surface area contributed by atoms with Crippen LogP contribution in [0.4, 0.5) is 0 Å². The predicted octanol–water partition coefficient (Wildman–Crippen LogP) is 3.22. The number of furan rings is 1. The number of para-hydroxylation sites is 1. The van der Waals surface area contributed by atoms with Crippen molar-refractivity contribution >= 4 is 11.0 Å². The van der Waals surface area contributed by atoms with Crippen LogP contribution in [0.3, 0.4) is 0 Å². The van der Waals surface area contributed by atoms with Gasteiger partial charge in [0.1, 0.15) is 18.0 Å². The zero-order valence-corrected chi connectivity index (χ0v) is 12.4. The highest BCUT2D eigenvalue weighted by Crippen LogP contribution is 2.26. The molecular weight excluding hydrogens is 254 g/mol. The van der Waals surface area contributed by atoms with Gasteiger partial charge in [-0.15, -0.1) is 0 Å². The van der Waals surface area contributed by atoms with Crippen LogP contribution in [0, 0.1) is 0 Å². The highest BCUT2D eigenvalue weighted by molar-refractivity contribution is 5.82. The van der Waals surface area contributed by atoms with Gasteiger partial charge in [0, 0.05) is 31.2 Å². The van der Waals surface area contributed by atoms with Crippen molar-refractivity contribution in [3.8, 4) is 0 Å². The first-order chi connectivity index (χ1) is 9.57. The molecule has 1 heterocycles. The molecule has 0 saturated heterocycles. The van der Waals surface area contributed by atoms with Crippen molar-refractivity contribution in [3.05, 3.63) is 35.6 Å². The average Bonchev–Trinajstić information content (AvgIpc) is 2.81. The van der Waals surface area contributed by atoms with Crippen LogP contribution in [0.25, 0.3) is 11.0 Å². The van der Waals surface area contributed by atoms with Crippen LogP contribution >= 0.6 is 0 Å². The van der Waals surface area contributed by atoms with E-state index in [4.69, 9.17) is 19.6 Å². The normalized spacial score (nSPS) is 12.2. The molecule has 2 aromatic rings. The smallest absolute Gasteiger partial charge is 0.135 e. The van der Waals surface area contributed by atoms with E-state index in [1.165, 1.54) is 0 Å². The number of ether oxygens (including phenoxy) is 2. The SMILES string of the molecule is COC(C)(C)CCOCc1oc2ccccc2c1CN. The summed E-state index contributed by atoms with van der Waals surface area (Å²) >= 11 is 0. The number of rotatable bonds is 7. The molecule has 0 aliphatic heterocycles. The molecule has 0 unspecified atom stereocenters. The molecule has 4 heteroatoms. The highest BCUT2D eigenvalue weighted by Gasteiger charge is 2.17. The molecule has 4 nitrogen and oxygen atoms in total. The quantitative estimate of drug-likeness (QED) is 0.789. The summed E-state index contributed by atoms with van der Waals surface area (Å²) in [6.07, 6.45) is 0.835. The van der Waals surface area contributed by atoms with Crippen molar-refractivity contribution in [1.82, 2.24) is 0 Å². The van der Waals surface area contributed by atoms with E-state index in [0.29, 0.717) is 19.8 Å². The molecule has 2 rings (SSSR count). The Bertz CT molecular complexity index is 560. The van der Waals surface area contributed by atoms with Crippen LogP contribution in [0.15, 0.2) is 28.7 Å². The standard InChI is InChI=1S/C16H23NO3/c1-16(2,18-3)8-9-19-11-15-13(10-17)12-6-4-5-7-14(12)20-15/h4-7H,8-11,17H2,1-3H3. The van der Waals surface area contributed by atoms with Gasteiger partial charge in [0.15, 0.2) is 0 Å². The largest absolute Gasteiger partial charge is 0.458 e. The van der Waals surface area contributed by atoms with E-state index in [1.54, 1.807) is 7.11 Å². The minimum absolute atomic E-state index is 0.162. The Kier molecular flexibility index (Phi) is 4.81. The molecule has 0 aliphatic rings. The highest BCUT2D eigenvalue weighted by atomic mass is 16.5. The van der Waals surface area contributed by atoms with Gasteiger partial charge < -0.3 is 19.6 Å². The Morgan fingerprint density at radius 1 is 1.25 bits per heavy atom. The Hall–Kier alpha value is -1.36. The van der Waals surface area contributed by atoms with E-state index in [1.807, 2.05) is 38.1 Å². The van der Waals surface area contributed by atoms with Crippen LogP contribution < -0.4 is 5.73 Å². The number of methoxy groups -OCH3 is 1. The minimum atomic E-state index is -0.162. The molecule has 20 heavy (non-hydrogen) atoms. The zero-order valence-electron chi connectivity index (χ0n) is 12.4. The van der Waals surface area contributed by atoms with Gasteiger partial charge in [-0.25, -0.2) is 0 Å². The van der Waals surface area contributed by atoms with Gasteiger partial charge in [-0.3, -0.25) is 0 Å². The number of hydrogen-bond donors (Lipinski definition) is 1. The van der Waals surface area contributed by atoms with E-state index < -0.39 is 0 Å². The maximum Gasteiger partial charge on any atom is 0.135 e. The van der Waals surface area contributed by atoms with Gasteiger partial charge in [0.05, 0.1) is 5.60 Å². The molecule has 1 aromatic heterocycles. The lowest BCUT2D eigenvalue weighted by molar-refractivity contribution is -0.0142. The Morgan fingerprint density at radius 2 is 2.00 bits per heavy atom. The summed E-state index contributed by atoms with van der Waals surface area (Å²) in [6, 6.07) is 7.92. The lowest BCUT2D eigenvalue weighted by Gasteiger charge is -2.22. The van der Waals surface area contributed by atoms with E-state index >= 15 is 0 Å². The average molecular weight is 277 g/mol. The van der Waals surface area contributed by atoms with Crippen molar-refractivity contribution in [2.45, 2.75) is 39.0 Å². The van der Waals surface area contributed by atoms with Crippen molar-refractivity contribution < 1.29 is 13.9 Å². The van der Waals surface area contributed by atoms with Crippen molar-refractivity contribution in [3.63, 3.8) is 0 Å². The summed E-state index contributed by atoms with van der Waals surface area (Å²) in [7, 11) is 1.71. The Morgan fingerprint density at radius 3 is 2.70 bits per heavy atom. The fraction of sp³-hybridized carbons (Fsp3) is 0.500. The van der Waals surface area contributed by atoms with Crippen molar-refractivity contribution in [2.75, 3.05) is 13.7 Å². The van der Waals surface area contributed by atoms with Crippen LogP contribution in [-0.4, -0.2) is 19.3 Å². The minimum Gasteiger partial charge on any atom is -0.458 e. The second-order valence-electron chi connectivity index (χ2n) is 5.47. The third-order valence-corrected chi connectivity index (χ3v) is 3.62. The van der Waals surface area contributed by atoms with Gasteiger partial charge in [-0.2, -0.15) is 0 Å². The summed E-state index contributed by atoms with van der Waals surface area (Å²) in [5, 5.41) is 1.07. The second kappa shape index (κ2) is 6.39. The summed E-state index contributed by atoms with van der Waals surface area (Å²) in [4.78, 5) is 0. The number of fused-ring (bicyclic) bond motifs is 1. The summed E-state index contributed by atoms with van der Waals surface area (Å²) in [5.41, 5.74) is 7.56. The van der Waals surface area contributed by atoms with Gasteiger partial charge >= 0.3 is 0 Å². The molecule has 0 fully saturated rings. The molecule has 0 amide bonds. The number of hydrogen-bond acceptors (Lipinski definition) is 4. The third kappa shape index (κ3) is 3.39. The lowest BCUT2D eigenvalue weighted by atomic mass is 10.1. The number of benzene rings is 1. The van der Waals surface area contributed by atoms with E-state index in [9.17, 15) is 0 Å². The molecule has 0 spiro atoms. The fourth-order valence-corrected chi connectivity index (χ4v) is 2.07. The van der Waals surface area contributed by atoms with Gasteiger partial charge in [0.25, 0.3) is 0 Å². The topological polar surface area (TPSA) is 57.6 Å². The van der Waals surface area contributed by atoms with Gasteiger partial charge in [-0.05, 0) is 26.3 Å². The zero-order chi connectivity index (χ0) is 14.6. The molecular formula is C16H23NO3. The van der Waals surface area contributed by atoms with Crippen LogP contribution in [-0.2, 0) is 22.6 Å².